The number of aliphatic hydroxyl groups is 1. The van der Waals surface area contributed by atoms with Crippen molar-refractivity contribution in [2.75, 3.05) is 61.9 Å². The Balaban J connectivity index is 1.73. The van der Waals surface area contributed by atoms with E-state index in [1.807, 2.05) is 0 Å². The minimum atomic E-state index is -1.60. The topological polar surface area (TPSA) is 478 Å². The Bertz CT molecular complexity index is 3220. The summed E-state index contributed by atoms with van der Waals surface area (Å²) in [6.45, 7) is 7.02. The number of ketones is 1. The number of nitrogens with zero attached hydrogens (tertiary/aromatic N) is 3. The van der Waals surface area contributed by atoms with Gasteiger partial charge in [0.2, 0.25) is 35.5 Å². The zero-order chi connectivity index (χ0) is 82.6. The summed E-state index contributed by atoms with van der Waals surface area (Å²) < 4.78 is 13.0. The van der Waals surface area contributed by atoms with E-state index in [-0.39, 0.29) is 107 Å². The molecule has 0 spiro atoms. The fraction of sp³-hybridized carbons (Fsp3) is 0.759. The molecule has 0 bridgehead atoms. The summed E-state index contributed by atoms with van der Waals surface area (Å²) in [6.07, 6.45) is 35.6. The number of benzene rings is 1. The molecular weight excluding hydrogens is 1460 g/mol. The molecule has 0 saturated heterocycles. The number of nitrogens with two attached hydrogens (primary N) is 5. The average Bonchev–Trinajstić information content (AvgIpc) is 1.64. The number of Topliss-reactive ketones (excluding diaryl/α,β-unsaturated/α-hetero) is 1. The first kappa shape index (κ1) is 99.9. The van der Waals surface area contributed by atoms with E-state index in [0.29, 0.717) is 106 Å². The largest absolute Gasteiger partial charge is 0.480 e. The van der Waals surface area contributed by atoms with E-state index in [1.165, 1.54) is 132 Å². The number of esters is 2. The van der Waals surface area contributed by atoms with Gasteiger partial charge in [-0.2, -0.15) is 21.7 Å². The van der Waals surface area contributed by atoms with Crippen LogP contribution in [-0.2, 0) is 54.4 Å². The number of rotatable bonds is 72. The number of anilines is 2. The highest BCUT2D eigenvalue weighted by molar-refractivity contribution is 7.99. The molecule has 3 rings (SSSR count). The summed E-state index contributed by atoms with van der Waals surface area (Å²) in [7, 11) is 0. The second kappa shape index (κ2) is 63.0. The van der Waals surface area contributed by atoms with E-state index in [9.17, 15) is 58.2 Å². The van der Waals surface area contributed by atoms with Crippen molar-refractivity contribution in [2.45, 2.75) is 352 Å². The van der Waals surface area contributed by atoms with Gasteiger partial charge in [0.15, 0.2) is 17.2 Å². The van der Waals surface area contributed by atoms with Crippen LogP contribution >= 0.6 is 11.8 Å². The number of carbonyl (C=O) groups is 9. The number of thioether (sulfide) groups is 1. The lowest BCUT2D eigenvalue weighted by Gasteiger charge is -2.27. The Kier molecular flexibility index (Phi) is 55.7. The molecule has 642 valence electrons. The predicted molar refractivity (Wildman–Crippen MR) is 449 cm³/mol. The standard InChI is InChI=1S/C83H145N15O14S/c1-4-7-10-12-14-16-18-20-22-24-26-28-33-46-71(101)111-58-63(112-72(102)47-34-29-27-25-23-21-19-17-15-13-11-8-5-2)59-113-60-64(87)76(103)94-69(57-99)80(107)92-66(42-35-38-52-84)78(105)90-65(77(104)91-67(43-36-39-53-85)79(106)93-68(81(108)109)44-37-40-54-86)41-31-30-32-45-70(100)62-50-48-61(49-51-62)56-98-75-73(95-83(98)110)74(88)96-82(97-75)89-55-9-6-3/h48-51,63-69,99H,4-47,52-60,84-87H2,1-3H3,(H,90,105)(H,91,104)(H,92,107)(H,93,106)(H,94,103)(H,95,110)(H,108,109)(H3,88,89,96,97)/t63?,64?,65?,66-,67-,68?,69?/m0/s1. The SMILES string of the molecule is CCCCCCCCCCCCCCCC(=O)OCC(CSCC(N)C(=O)NC(CO)C(=O)N[C@@H](CCCCN)C(=O)NC(CCCCCC(=O)c1ccc(Cn2c(=O)[nH]c3c(N)nc(NCCCC)nc32)cc1)C(=O)N[C@@H](CCCCN)C(=O)NC(CCCCN)C(=O)O)OC(=O)CCCCCCCCCCCCCCC. The number of aromatic nitrogens is 4. The van der Waals surface area contributed by atoms with Crippen LogP contribution in [0.3, 0.4) is 0 Å². The monoisotopic (exact) mass is 1610 g/mol. The van der Waals surface area contributed by atoms with Gasteiger partial charge in [-0.05, 0) is 115 Å². The maximum Gasteiger partial charge on any atom is 0.328 e. The van der Waals surface area contributed by atoms with Crippen LogP contribution in [0.25, 0.3) is 11.2 Å². The Morgan fingerprint density at radius 1 is 0.496 bits per heavy atom. The zero-order valence-electron chi connectivity index (χ0n) is 68.8. The highest BCUT2D eigenvalue weighted by Crippen LogP contribution is 2.22. The first-order valence-electron chi connectivity index (χ1n) is 43.0. The normalized spacial score (nSPS) is 13.3. The molecule has 2 aromatic heterocycles. The van der Waals surface area contributed by atoms with Crippen molar-refractivity contribution in [3.63, 3.8) is 0 Å². The van der Waals surface area contributed by atoms with Crippen molar-refractivity contribution in [1.82, 2.24) is 46.1 Å². The number of H-pyrrole nitrogens is 1. The number of amides is 5. The molecule has 2 heterocycles. The van der Waals surface area contributed by atoms with Gasteiger partial charge >= 0.3 is 23.6 Å². The molecule has 0 aliphatic rings. The number of hydrogen-bond donors (Lipinski definition) is 14. The number of nitrogen functional groups attached to an aromatic ring is 1. The smallest absolute Gasteiger partial charge is 0.328 e. The molecule has 5 unspecified atom stereocenters. The number of nitrogens with one attached hydrogen (secondary N) is 7. The van der Waals surface area contributed by atoms with Crippen molar-refractivity contribution in [2.24, 2.45) is 22.9 Å². The van der Waals surface area contributed by atoms with Crippen molar-refractivity contribution in [3.05, 3.63) is 45.9 Å². The van der Waals surface area contributed by atoms with Crippen LogP contribution < -0.4 is 66.3 Å². The van der Waals surface area contributed by atoms with E-state index in [4.69, 9.17) is 38.1 Å². The van der Waals surface area contributed by atoms with Gasteiger partial charge in [0.25, 0.3) is 0 Å². The number of carboxylic acids is 1. The molecule has 0 aliphatic carbocycles. The molecule has 0 saturated carbocycles. The number of aliphatic carboxylic acids is 1. The molecule has 113 heavy (non-hydrogen) atoms. The average molecular weight is 1610 g/mol. The number of carboxylic acid groups (broad SMARTS) is 1. The Labute approximate surface area is 676 Å². The lowest BCUT2D eigenvalue weighted by molar-refractivity contribution is -0.157. The number of aliphatic hydroxyl groups excluding tert-OH is 1. The number of hydrogen-bond acceptors (Lipinski definition) is 22. The van der Waals surface area contributed by atoms with E-state index in [2.05, 4.69) is 67.6 Å². The molecule has 0 aliphatic heterocycles. The summed E-state index contributed by atoms with van der Waals surface area (Å²) in [4.78, 5) is 148. The molecule has 5 amide bonds. The number of fused-ring (bicyclic) bond motifs is 1. The maximum atomic E-state index is 14.6. The first-order chi connectivity index (χ1) is 54.7. The van der Waals surface area contributed by atoms with Gasteiger partial charge in [-0.25, -0.2) is 9.59 Å². The minimum Gasteiger partial charge on any atom is -0.480 e. The van der Waals surface area contributed by atoms with E-state index >= 15 is 0 Å². The van der Waals surface area contributed by atoms with Crippen LogP contribution in [0.15, 0.2) is 29.1 Å². The lowest BCUT2D eigenvalue weighted by atomic mass is 10.0. The van der Waals surface area contributed by atoms with Crippen LogP contribution in [0, 0.1) is 0 Å². The van der Waals surface area contributed by atoms with Crippen LogP contribution in [0.5, 0.6) is 0 Å². The Morgan fingerprint density at radius 3 is 1.36 bits per heavy atom. The van der Waals surface area contributed by atoms with Crippen LogP contribution in [0.4, 0.5) is 11.8 Å². The van der Waals surface area contributed by atoms with Crippen molar-refractivity contribution >= 4 is 87.9 Å². The molecule has 0 radical (unpaired) electrons. The Morgan fingerprint density at radius 2 is 0.903 bits per heavy atom. The summed E-state index contributed by atoms with van der Waals surface area (Å²) in [5, 5.41) is 37.0. The highest BCUT2D eigenvalue weighted by atomic mass is 32.2. The molecule has 7 atom stereocenters. The summed E-state index contributed by atoms with van der Waals surface area (Å²) in [5.41, 5.74) is 31.3. The second-order valence-corrected chi connectivity index (χ2v) is 31.3. The van der Waals surface area contributed by atoms with Crippen molar-refractivity contribution in [1.29, 1.82) is 0 Å². The summed E-state index contributed by atoms with van der Waals surface area (Å²) in [6, 6.07) is -1.27. The number of ether oxygens (including phenoxy) is 2. The fourth-order valence-corrected chi connectivity index (χ4v) is 14.3. The highest BCUT2D eigenvalue weighted by Gasteiger charge is 2.33. The van der Waals surface area contributed by atoms with Gasteiger partial charge in [0.05, 0.1) is 19.2 Å². The van der Waals surface area contributed by atoms with Gasteiger partial charge in [0, 0.05) is 42.9 Å². The number of aromatic amines is 1. The summed E-state index contributed by atoms with van der Waals surface area (Å²) >= 11 is 1.18. The van der Waals surface area contributed by atoms with Gasteiger partial charge < -0.3 is 85.2 Å². The third kappa shape index (κ3) is 44.4. The number of unbranched alkanes of at least 4 members (excludes halogenated alkanes) is 30. The fourth-order valence-electron chi connectivity index (χ4n) is 13.3. The molecule has 19 N–H and O–H groups in total. The molecule has 1 aromatic carbocycles. The number of imidazole rings is 1. The van der Waals surface area contributed by atoms with Gasteiger partial charge in [-0.3, -0.25) is 42.9 Å². The van der Waals surface area contributed by atoms with Crippen LogP contribution in [0.2, 0.25) is 0 Å². The van der Waals surface area contributed by atoms with Gasteiger partial charge in [0.1, 0.15) is 48.4 Å². The Hall–Kier alpha value is -7.25. The lowest BCUT2D eigenvalue weighted by Crippen LogP contribution is -2.59. The van der Waals surface area contributed by atoms with E-state index < -0.39 is 96.1 Å². The molecule has 29 nitrogen and oxygen atoms in total. The van der Waals surface area contributed by atoms with E-state index in [1.54, 1.807) is 24.3 Å². The van der Waals surface area contributed by atoms with Crippen LogP contribution in [-0.4, -0.2) is 176 Å². The third-order valence-electron chi connectivity index (χ3n) is 20.3. The van der Waals surface area contributed by atoms with E-state index in [0.717, 1.165) is 51.4 Å². The quantitative estimate of drug-likeness (QED) is 0.0142. The zero-order valence-corrected chi connectivity index (χ0v) is 69.6. The third-order valence-corrected chi connectivity index (χ3v) is 21.5. The van der Waals surface area contributed by atoms with Crippen molar-refractivity contribution < 1.29 is 62.8 Å². The number of carbonyl (C=O) groups excluding carboxylic acids is 8. The summed E-state index contributed by atoms with van der Waals surface area (Å²) in [5.74, 6) is -5.85. The van der Waals surface area contributed by atoms with Crippen molar-refractivity contribution in [3.8, 4) is 0 Å². The minimum absolute atomic E-state index is 0.00252. The molecule has 0 fully saturated rings. The van der Waals surface area contributed by atoms with Gasteiger partial charge in [-0.1, -0.05) is 218 Å². The second-order valence-electron chi connectivity index (χ2n) is 30.3. The molecular formula is C83H145N15O14S. The van der Waals surface area contributed by atoms with Crippen LogP contribution in [0.1, 0.15) is 319 Å². The maximum absolute atomic E-state index is 14.6. The first-order valence-corrected chi connectivity index (χ1v) is 44.2. The molecule has 3 aromatic rings. The molecule has 30 heteroatoms. The van der Waals surface area contributed by atoms with Gasteiger partial charge in [-0.15, -0.1) is 0 Å². The predicted octanol–water partition coefficient (Wildman–Crippen LogP) is 10.5.